The van der Waals surface area contributed by atoms with Gasteiger partial charge >= 0.3 is 6.09 Å². The van der Waals surface area contributed by atoms with Gasteiger partial charge in [0.1, 0.15) is 12.4 Å². The van der Waals surface area contributed by atoms with E-state index in [9.17, 15) is 4.79 Å². The van der Waals surface area contributed by atoms with E-state index in [1.807, 2.05) is 0 Å². The van der Waals surface area contributed by atoms with Crippen LogP contribution >= 0.6 is 0 Å². The summed E-state index contributed by atoms with van der Waals surface area (Å²) in [5, 5.41) is 0. The van der Waals surface area contributed by atoms with Crippen molar-refractivity contribution in [2.24, 2.45) is 10.8 Å². The molecule has 1 rings (SSSR count). The molecule has 0 bridgehead atoms. The Morgan fingerprint density at radius 2 is 1.89 bits per heavy atom. The third-order valence-electron chi connectivity index (χ3n) is 2.72. The number of ether oxygens (including phenoxy) is 1. The molecule has 0 radical (unpaired) electrons. The summed E-state index contributed by atoms with van der Waals surface area (Å²) in [6, 6.07) is 0. The Morgan fingerprint density at radius 3 is 2.28 bits per heavy atom. The molecule has 0 saturated carbocycles. The molecule has 0 fully saturated rings. The van der Waals surface area contributed by atoms with Gasteiger partial charge in [0.2, 0.25) is 0 Å². The number of imidazole rings is 1. The summed E-state index contributed by atoms with van der Waals surface area (Å²) in [6.07, 6.45) is 4.97. The predicted octanol–water partition coefficient (Wildman–Crippen LogP) is 3.72. The molecule has 0 saturated heterocycles. The van der Waals surface area contributed by atoms with Crippen molar-refractivity contribution in [2.75, 3.05) is 0 Å². The highest BCUT2D eigenvalue weighted by Crippen LogP contribution is 2.33. The average molecular weight is 252 g/mol. The summed E-state index contributed by atoms with van der Waals surface area (Å²) in [5.74, 6) is 0. The van der Waals surface area contributed by atoms with Crippen LogP contribution in [0, 0.1) is 10.8 Å². The van der Waals surface area contributed by atoms with Gasteiger partial charge in [0.05, 0.1) is 0 Å². The maximum Gasteiger partial charge on any atom is 0.419 e. The fourth-order valence-corrected chi connectivity index (χ4v) is 1.63. The highest BCUT2D eigenvalue weighted by atomic mass is 16.6. The molecule has 0 amide bonds. The molecule has 18 heavy (non-hydrogen) atoms. The number of hydrogen-bond acceptors (Lipinski definition) is 3. The Morgan fingerprint density at radius 1 is 1.28 bits per heavy atom. The summed E-state index contributed by atoms with van der Waals surface area (Å²) < 4.78 is 6.98. The first-order chi connectivity index (χ1) is 8.09. The minimum atomic E-state index is -0.364. The summed E-state index contributed by atoms with van der Waals surface area (Å²) in [5.41, 5.74) is 0.0384. The van der Waals surface area contributed by atoms with E-state index in [1.54, 1.807) is 12.4 Å². The third-order valence-corrected chi connectivity index (χ3v) is 2.72. The fourth-order valence-electron chi connectivity index (χ4n) is 1.63. The van der Waals surface area contributed by atoms with Gasteiger partial charge in [-0.05, 0) is 17.3 Å². The van der Waals surface area contributed by atoms with Gasteiger partial charge < -0.3 is 4.74 Å². The Bertz CT molecular complexity index is 383. The van der Waals surface area contributed by atoms with Crippen LogP contribution in [0.1, 0.15) is 48.0 Å². The van der Waals surface area contributed by atoms with Crippen LogP contribution in [0.3, 0.4) is 0 Å². The van der Waals surface area contributed by atoms with Gasteiger partial charge in [-0.1, -0.05) is 41.5 Å². The second-order valence-corrected chi connectivity index (χ2v) is 6.97. The van der Waals surface area contributed by atoms with Crippen LogP contribution in [-0.2, 0) is 4.74 Å². The third kappa shape index (κ3) is 4.51. The molecule has 0 aliphatic heterocycles. The number of hydrogen-bond donors (Lipinski definition) is 0. The topological polar surface area (TPSA) is 44.1 Å². The normalized spacial score (nSPS) is 14.3. The second kappa shape index (κ2) is 5.12. The Hall–Kier alpha value is -1.32. The largest absolute Gasteiger partial charge is 0.445 e. The van der Waals surface area contributed by atoms with Crippen LogP contribution in [0.25, 0.3) is 0 Å². The zero-order chi connectivity index (χ0) is 14.0. The standard InChI is InChI=1S/C14H24N2O2/c1-13(2,3)9-11(14(4,5)6)18-12(17)16-8-7-15-10-16/h7-8,10-11H,9H2,1-6H3. The molecule has 1 aromatic rings. The molecule has 0 spiro atoms. The number of aromatic nitrogens is 2. The molecular formula is C14H24N2O2. The summed E-state index contributed by atoms with van der Waals surface area (Å²) in [4.78, 5) is 15.8. The first kappa shape index (κ1) is 14.7. The first-order valence-electron chi connectivity index (χ1n) is 6.28. The molecule has 1 heterocycles. The summed E-state index contributed by atoms with van der Waals surface area (Å²) in [6.45, 7) is 12.7. The van der Waals surface area contributed by atoms with Gasteiger partial charge in [0.15, 0.2) is 0 Å². The summed E-state index contributed by atoms with van der Waals surface area (Å²) >= 11 is 0. The van der Waals surface area contributed by atoms with E-state index in [1.165, 1.54) is 10.9 Å². The molecule has 1 atom stereocenters. The minimum absolute atomic E-state index is 0.0798. The number of carbonyl (C=O) groups is 1. The predicted molar refractivity (Wildman–Crippen MR) is 71.4 cm³/mol. The van der Waals surface area contributed by atoms with E-state index >= 15 is 0 Å². The van der Waals surface area contributed by atoms with Crippen molar-refractivity contribution in [3.8, 4) is 0 Å². The zero-order valence-corrected chi connectivity index (χ0v) is 12.2. The Labute approximate surface area is 109 Å². The maximum atomic E-state index is 11.9. The molecule has 0 aliphatic rings. The number of nitrogens with zero attached hydrogens (tertiary/aromatic N) is 2. The average Bonchev–Trinajstić information content (AvgIpc) is 2.65. The molecule has 0 N–H and O–H groups in total. The monoisotopic (exact) mass is 252 g/mol. The van der Waals surface area contributed by atoms with E-state index in [4.69, 9.17) is 4.74 Å². The lowest BCUT2D eigenvalue weighted by Gasteiger charge is -2.34. The van der Waals surface area contributed by atoms with Crippen LogP contribution in [0.4, 0.5) is 4.79 Å². The fraction of sp³-hybridized carbons (Fsp3) is 0.714. The smallest absolute Gasteiger partial charge is 0.419 e. The van der Waals surface area contributed by atoms with Gasteiger partial charge in [0, 0.05) is 12.4 Å². The SMILES string of the molecule is CC(C)(C)CC(OC(=O)n1ccnc1)C(C)(C)C. The highest BCUT2D eigenvalue weighted by Gasteiger charge is 2.32. The van der Waals surface area contributed by atoms with Crippen molar-refractivity contribution in [3.63, 3.8) is 0 Å². The zero-order valence-electron chi connectivity index (χ0n) is 12.2. The van der Waals surface area contributed by atoms with Crippen molar-refractivity contribution in [1.29, 1.82) is 0 Å². The summed E-state index contributed by atoms with van der Waals surface area (Å²) in [7, 11) is 0. The van der Waals surface area contributed by atoms with Gasteiger partial charge in [-0.15, -0.1) is 0 Å². The van der Waals surface area contributed by atoms with Crippen molar-refractivity contribution >= 4 is 6.09 Å². The lowest BCUT2D eigenvalue weighted by atomic mass is 9.78. The van der Waals surface area contributed by atoms with Crippen LogP contribution in [0.15, 0.2) is 18.7 Å². The second-order valence-electron chi connectivity index (χ2n) is 6.97. The van der Waals surface area contributed by atoms with E-state index in [0.717, 1.165) is 6.42 Å². The molecular weight excluding hydrogens is 228 g/mol. The Balaban J connectivity index is 2.77. The molecule has 4 heteroatoms. The lowest BCUT2D eigenvalue weighted by Crippen LogP contribution is -2.36. The molecule has 1 aromatic heterocycles. The number of rotatable bonds is 2. The van der Waals surface area contributed by atoms with Gasteiger partial charge in [0.25, 0.3) is 0 Å². The van der Waals surface area contributed by atoms with E-state index in [-0.39, 0.29) is 23.0 Å². The quantitative estimate of drug-likeness (QED) is 0.805. The molecule has 0 aliphatic carbocycles. The Kier molecular flexibility index (Phi) is 4.20. The van der Waals surface area contributed by atoms with Gasteiger partial charge in [-0.2, -0.15) is 0 Å². The van der Waals surface area contributed by atoms with Crippen molar-refractivity contribution in [1.82, 2.24) is 9.55 Å². The van der Waals surface area contributed by atoms with Crippen LogP contribution < -0.4 is 0 Å². The van der Waals surface area contributed by atoms with Crippen molar-refractivity contribution in [2.45, 2.75) is 54.1 Å². The molecule has 4 nitrogen and oxygen atoms in total. The first-order valence-corrected chi connectivity index (χ1v) is 6.28. The molecule has 102 valence electrons. The number of carbonyl (C=O) groups excluding carboxylic acids is 1. The minimum Gasteiger partial charge on any atom is -0.445 e. The van der Waals surface area contributed by atoms with E-state index in [2.05, 4.69) is 46.5 Å². The van der Waals surface area contributed by atoms with E-state index in [0.29, 0.717) is 0 Å². The van der Waals surface area contributed by atoms with Crippen LogP contribution in [0.2, 0.25) is 0 Å². The lowest BCUT2D eigenvalue weighted by molar-refractivity contribution is 0.00686. The van der Waals surface area contributed by atoms with Crippen molar-refractivity contribution < 1.29 is 9.53 Å². The molecule has 0 aromatic carbocycles. The van der Waals surface area contributed by atoms with Gasteiger partial charge in [-0.25, -0.2) is 14.3 Å². The van der Waals surface area contributed by atoms with Crippen molar-refractivity contribution in [3.05, 3.63) is 18.7 Å². The van der Waals surface area contributed by atoms with Gasteiger partial charge in [-0.3, -0.25) is 0 Å². The highest BCUT2D eigenvalue weighted by molar-refractivity contribution is 5.70. The van der Waals surface area contributed by atoms with E-state index < -0.39 is 0 Å². The molecule has 1 unspecified atom stereocenters. The van der Waals surface area contributed by atoms with Crippen LogP contribution in [0.5, 0.6) is 0 Å². The maximum absolute atomic E-state index is 11.9. The van der Waals surface area contributed by atoms with Crippen LogP contribution in [-0.4, -0.2) is 21.7 Å².